The molecule has 1 N–H and O–H groups in total. The second kappa shape index (κ2) is 9.60. The third kappa shape index (κ3) is 5.49. The van der Waals surface area contributed by atoms with E-state index >= 15 is 0 Å². The first-order chi connectivity index (χ1) is 13.5. The zero-order chi connectivity index (χ0) is 19.9. The van der Waals surface area contributed by atoms with Gasteiger partial charge in [0, 0.05) is 32.7 Å². The van der Waals surface area contributed by atoms with Crippen LogP contribution in [0.4, 0.5) is 4.79 Å². The average molecular weight is 382 g/mol. The molecule has 150 valence electrons. The molecule has 0 aromatic heterocycles. The van der Waals surface area contributed by atoms with Crippen LogP contribution in [0.1, 0.15) is 37.8 Å². The number of hydrogen-bond donors (Lipinski definition) is 1. The molecule has 1 aliphatic rings. The Bertz CT molecular complexity index is 755. The zero-order valence-corrected chi connectivity index (χ0v) is 17.1. The van der Waals surface area contributed by atoms with Gasteiger partial charge in [-0.3, -0.25) is 4.90 Å². The molecule has 0 spiro atoms. The van der Waals surface area contributed by atoms with Crippen LogP contribution in [0.25, 0.3) is 0 Å². The van der Waals surface area contributed by atoms with Gasteiger partial charge in [-0.25, -0.2) is 4.79 Å². The van der Waals surface area contributed by atoms with E-state index in [1.807, 2.05) is 36.1 Å². The third-order valence-corrected chi connectivity index (χ3v) is 5.08. The summed E-state index contributed by atoms with van der Waals surface area (Å²) in [5, 5.41) is 2.98. The van der Waals surface area contributed by atoms with Crippen LogP contribution >= 0.6 is 0 Å². The number of benzene rings is 2. The third-order valence-electron chi connectivity index (χ3n) is 5.08. The minimum absolute atomic E-state index is 0.0612. The molecule has 0 bridgehead atoms. The van der Waals surface area contributed by atoms with Crippen LogP contribution in [0.3, 0.4) is 0 Å². The van der Waals surface area contributed by atoms with Crippen LogP contribution < -0.4 is 10.1 Å². The maximum Gasteiger partial charge on any atom is 0.320 e. The number of carbonyl (C=O) groups is 1. The van der Waals surface area contributed by atoms with Crippen molar-refractivity contribution in [1.29, 1.82) is 0 Å². The second-order valence-electron chi connectivity index (χ2n) is 7.65. The van der Waals surface area contributed by atoms with Gasteiger partial charge in [-0.2, -0.15) is 0 Å². The highest BCUT2D eigenvalue weighted by molar-refractivity contribution is 5.74. The highest BCUT2D eigenvalue weighted by atomic mass is 16.5. The van der Waals surface area contributed by atoms with Crippen LogP contribution in [0.2, 0.25) is 0 Å². The van der Waals surface area contributed by atoms with E-state index in [1.165, 1.54) is 5.56 Å². The predicted molar refractivity (Wildman–Crippen MR) is 112 cm³/mol. The monoisotopic (exact) mass is 381 g/mol. The summed E-state index contributed by atoms with van der Waals surface area (Å²) in [6, 6.07) is 18.4. The van der Waals surface area contributed by atoms with Gasteiger partial charge in [0.15, 0.2) is 6.23 Å². The molecular weight excluding hydrogens is 350 g/mol. The first-order valence-corrected chi connectivity index (χ1v) is 10.1. The summed E-state index contributed by atoms with van der Waals surface area (Å²) in [5.41, 5.74) is 2.46. The minimum Gasteiger partial charge on any atom is -0.471 e. The Labute approximate surface area is 168 Å². The molecule has 1 saturated heterocycles. The smallest absolute Gasteiger partial charge is 0.320 e. The highest BCUT2D eigenvalue weighted by Gasteiger charge is 2.22. The Morgan fingerprint density at radius 3 is 2.29 bits per heavy atom. The Morgan fingerprint density at radius 1 is 0.964 bits per heavy atom. The molecule has 1 unspecified atom stereocenters. The van der Waals surface area contributed by atoms with Crippen LogP contribution in [-0.4, -0.2) is 48.2 Å². The van der Waals surface area contributed by atoms with Gasteiger partial charge in [0.05, 0.1) is 0 Å². The molecule has 1 fully saturated rings. The van der Waals surface area contributed by atoms with Crippen molar-refractivity contribution in [2.24, 2.45) is 0 Å². The largest absolute Gasteiger partial charge is 0.471 e. The van der Waals surface area contributed by atoms with E-state index in [0.717, 1.165) is 44.0 Å². The molecule has 0 radical (unpaired) electrons. The lowest BCUT2D eigenvalue weighted by Gasteiger charge is -2.35. The predicted octanol–water partition coefficient (Wildman–Crippen LogP) is 4.06. The fraction of sp³-hybridized carbons (Fsp3) is 0.435. The molecule has 0 aliphatic carbocycles. The number of rotatable bonds is 6. The summed E-state index contributed by atoms with van der Waals surface area (Å²) in [5.74, 6) is 1.20. The summed E-state index contributed by atoms with van der Waals surface area (Å²) in [6.45, 7) is 10.3. The fourth-order valence-corrected chi connectivity index (χ4v) is 3.50. The zero-order valence-electron chi connectivity index (χ0n) is 17.1. The fourth-order valence-electron chi connectivity index (χ4n) is 3.50. The number of urea groups is 1. The molecule has 5 nitrogen and oxygen atoms in total. The van der Waals surface area contributed by atoms with E-state index < -0.39 is 0 Å². The van der Waals surface area contributed by atoms with Crippen LogP contribution in [0.15, 0.2) is 54.6 Å². The Kier molecular flexibility index (Phi) is 6.93. The number of nitrogens with zero attached hydrogens (tertiary/aromatic N) is 2. The molecule has 2 amide bonds. The maximum atomic E-state index is 12.6. The van der Waals surface area contributed by atoms with Crippen molar-refractivity contribution in [1.82, 2.24) is 15.1 Å². The number of piperazine rings is 1. The van der Waals surface area contributed by atoms with Crippen LogP contribution in [-0.2, 0) is 6.54 Å². The Morgan fingerprint density at radius 2 is 1.61 bits per heavy atom. The lowest BCUT2D eigenvalue weighted by Crippen LogP contribution is -2.53. The molecule has 0 saturated carbocycles. The van der Waals surface area contributed by atoms with Crippen molar-refractivity contribution in [3.63, 3.8) is 0 Å². The Hall–Kier alpha value is -2.53. The van der Waals surface area contributed by atoms with E-state index in [0.29, 0.717) is 5.92 Å². The molecule has 2 aromatic carbocycles. The van der Waals surface area contributed by atoms with Crippen molar-refractivity contribution >= 4 is 6.03 Å². The number of para-hydroxylation sites is 1. The standard InChI is InChI=1S/C23H31N3O2/c1-18(2)21-11-7-8-12-22(21)28-19(3)24-23(27)26-15-13-25(14-16-26)17-20-9-5-4-6-10-20/h4-12,18-19H,13-17H2,1-3H3,(H,24,27). The molecule has 2 aromatic rings. The van der Waals surface area contributed by atoms with Gasteiger partial charge >= 0.3 is 6.03 Å². The lowest BCUT2D eigenvalue weighted by atomic mass is 10.0. The summed E-state index contributed by atoms with van der Waals surface area (Å²) in [4.78, 5) is 16.9. The highest BCUT2D eigenvalue weighted by Crippen LogP contribution is 2.26. The first kappa shape index (κ1) is 20.2. The van der Waals surface area contributed by atoms with Gasteiger partial charge in [-0.1, -0.05) is 62.4 Å². The van der Waals surface area contributed by atoms with Crippen molar-refractivity contribution < 1.29 is 9.53 Å². The summed E-state index contributed by atoms with van der Waals surface area (Å²) >= 11 is 0. The van der Waals surface area contributed by atoms with E-state index in [-0.39, 0.29) is 12.3 Å². The SMILES string of the molecule is CC(NC(=O)N1CCN(Cc2ccccc2)CC1)Oc1ccccc1C(C)C. The van der Waals surface area contributed by atoms with Crippen molar-refractivity contribution in [3.8, 4) is 5.75 Å². The number of carbonyl (C=O) groups excluding carboxylic acids is 1. The van der Waals surface area contributed by atoms with Gasteiger partial charge in [0.25, 0.3) is 0 Å². The molecule has 1 atom stereocenters. The minimum atomic E-state index is -0.380. The van der Waals surface area contributed by atoms with E-state index in [9.17, 15) is 4.79 Å². The normalized spacial score (nSPS) is 16.1. The van der Waals surface area contributed by atoms with Crippen molar-refractivity contribution in [2.75, 3.05) is 26.2 Å². The van der Waals surface area contributed by atoms with Gasteiger partial charge in [-0.15, -0.1) is 0 Å². The Balaban J connectivity index is 1.46. The quantitative estimate of drug-likeness (QED) is 0.768. The number of amides is 2. The maximum absolute atomic E-state index is 12.6. The average Bonchev–Trinajstić information content (AvgIpc) is 2.69. The first-order valence-electron chi connectivity index (χ1n) is 10.1. The summed E-state index contributed by atoms with van der Waals surface area (Å²) < 4.78 is 6.00. The number of ether oxygens (including phenoxy) is 1. The molecule has 1 aliphatic heterocycles. The lowest BCUT2D eigenvalue weighted by molar-refractivity contribution is 0.118. The van der Waals surface area contributed by atoms with E-state index in [2.05, 4.69) is 54.4 Å². The number of hydrogen-bond acceptors (Lipinski definition) is 3. The molecular formula is C23H31N3O2. The molecule has 5 heteroatoms. The molecule has 1 heterocycles. The summed E-state index contributed by atoms with van der Waals surface area (Å²) in [7, 11) is 0. The van der Waals surface area contributed by atoms with Gasteiger partial charge in [0.2, 0.25) is 0 Å². The van der Waals surface area contributed by atoms with Crippen LogP contribution in [0.5, 0.6) is 5.75 Å². The summed E-state index contributed by atoms with van der Waals surface area (Å²) in [6.07, 6.45) is -0.380. The molecule has 3 rings (SSSR count). The van der Waals surface area contributed by atoms with Crippen molar-refractivity contribution in [3.05, 3.63) is 65.7 Å². The van der Waals surface area contributed by atoms with Gasteiger partial charge in [-0.05, 0) is 30.0 Å². The van der Waals surface area contributed by atoms with Crippen LogP contribution in [0, 0.1) is 0 Å². The second-order valence-corrected chi connectivity index (χ2v) is 7.65. The van der Waals surface area contributed by atoms with E-state index in [1.54, 1.807) is 0 Å². The number of nitrogens with one attached hydrogen (secondary N) is 1. The van der Waals surface area contributed by atoms with E-state index in [4.69, 9.17) is 4.74 Å². The molecule has 28 heavy (non-hydrogen) atoms. The van der Waals surface area contributed by atoms with Gasteiger partial charge in [0.1, 0.15) is 5.75 Å². The van der Waals surface area contributed by atoms with Crippen molar-refractivity contribution in [2.45, 2.75) is 39.5 Å². The topological polar surface area (TPSA) is 44.8 Å². The van der Waals surface area contributed by atoms with Gasteiger partial charge < -0.3 is 15.0 Å².